The van der Waals surface area contributed by atoms with Gasteiger partial charge in [-0.3, -0.25) is 0 Å². The fraction of sp³-hybridized carbons (Fsp3) is 1.00. The SMILES string of the molecule is CNC(C)(C)CNCC1C(C)(C)C1(C)C. The first-order valence-corrected chi connectivity index (χ1v) is 6.05. The molecule has 0 heterocycles. The Morgan fingerprint density at radius 2 is 1.53 bits per heavy atom. The quantitative estimate of drug-likeness (QED) is 0.730. The summed E-state index contributed by atoms with van der Waals surface area (Å²) in [5.74, 6) is 0.817. The van der Waals surface area contributed by atoms with Crippen LogP contribution in [-0.4, -0.2) is 25.7 Å². The summed E-state index contributed by atoms with van der Waals surface area (Å²) in [5.41, 5.74) is 1.21. The Kier molecular flexibility index (Phi) is 3.24. The van der Waals surface area contributed by atoms with E-state index in [-0.39, 0.29) is 5.54 Å². The molecule has 0 unspecified atom stereocenters. The van der Waals surface area contributed by atoms with Gasteiger partial charge < -0.3 is 10.6 Å². The molecule has 0 aromatic rings. The first-order chi connectivity index (χ1) is 6.65. The van der Waals surface area contributed by atoms with E-state index in [1.165, 1.54) is 0 Å². The minimum Gasteiger partial charge on any atom is -0.315 e. The van der Waals surface area contributed by atoms with Gasteiger partial charge in [0, 0.05) is 12.1 Å². The number of hydrogen-bond donors (Lipinski definition) is 2. The molecule has 1 aliphatic carbocycles. The first kappa shape index (κ1) is 13.0. The van der Waals surface area contributed by atoms with E-state index in [0.717, 1.165) is 19.0 Å². The maximum atomic E-state index is 3.59. The van der Waals surface area contributed by atoms with Crippen molar-refractivity contribution >= 4 is 0 Å². The Morgan fingerprint density at radius 1 is 1.07 bits per heavy atom. The predicted molar refractivity (Wildman–Crippen MR) is 67.1 cm³/mol. The van der Waals surface area contributed by atoms with Crippen LogP contribution in [0.1, 0.15) is 41.5 Å². The summed E-state index contributed by atoms with van der Waals surface area (Å²) < 4.78 is 0. The predicted octanol–water partition coefficient (Wildman–Crippen LogP) is 2.26. The van der Waals surface area contributed by atoms with Crippen LogP contribution in [0.5, 0.6) is 0 Å². The summed E-state index contributed by atoms with van der Waals surface area (Å²) in [4.78, 5) is 0. The molecule has 1 fully saturated rings. The van der Waals surface area contributed by atoms with Gasteiger partial charge in [0.25, 0.3) is 0 Å². The van der Waals surface area contributed by atoms with Crippen LogP contribution in [-0.2, 0) is 0 Å². The number of likely N-dealkylation sites (N-methyl/N-ethyl adjacent to an activating group) is 1. The van der Waals surface area contributed by atoms with Crippen LogP contribution in [0.2, 0.25) is 0 Å². The molecule has 0 atom stereocenters. The third-order valence-corrected chi connectivity index (χ3v) is 4.91. The van der Waals surface area contributed by atoms with Gasteiger partial charge in [0.2, 0.25) is 0 Å². The molecule has 0 saturated heterocycles. The third-order valence-electron chi connectivity index (χ3n) is 4.91. The first-order valence-electron chi connectivity index (χ1n) is 6.05. The molecule has 0 aliphatic heterocycles. The van der Waals surface area contributed by atoms with Crippen molar-refractivity contribution < 1.29 is 0 Å². The molecule has 2 N–H and O–H groups in total. The maximum Gasteiger partial charge on any atom is 0.0246 e. The van der Waals surface area contributed by atoms with Crippen molar-refractivity contribution in [2.24, 2.45) is 16.7 Å². The van der Waals surface area contributed by atoms with Gasteiger partial charge in [-0.25, -0.2) is 0 Å². The smallest absolute Gasteiger partial charge is 0.0246 e. The summed E-state index contributed by atoms with van der Waals surface area (Å²) in [6.07, 6.45) is 0. The zero-order valence-electron chi connectivity index (χ0n) is 11.5. The van der Waals surface area contributed by atoms with Crippen molar-refractivity contribution in [1.29, 1.82) is 0 Å². The van der Waals surface area contributed by atoms with E-state index in [4.69, 9.17) is 0 Å². The van der Waals surface area contributed by atoms with Crippen molar-refractivity contribution in [3.8, 4) is 0 Å². The van der Waals surface area contributed by atoms with Gasteiger partial charge in [-0.2, -0.15) is 0 Å². The molecule has 2 heteroatoms. The highest BCUT2D eigenvalue weighted by molar-refractivity contribution is 5.12. The van der Waals surface area contributed by atoms with Gasteiger partial charge >= 0.3 is 0 Å². The van der Waals surface area contributed by atoms with Gasteiger partial charge in [0.15, 0.2) is 0 Å². The lowest BCUT2D eigenvalue weighted by Crippen LogP contribution is -2.46. The lowest BCUT2D eigenvalue weighted by Gasteiger charge is -2.24. The molecule has 1 saturated carbocycles. The average molecular weight is 212 g/mol. The molecule has 1 rings (SSSR count). The molecular weight excluding hydrogens is 184 g/mol. The van der Waals surface area contributed by atoms with Crippen LogP contribution in [0.25, 0.3) is 0 Å². The Morgan fingerprint density at radius 3 is 1.87 bits per heavy atom. The fourth-order valence-corrected chi connectivity index (χ4v) is 2.46. The molecule has 0 radical (unpaired) electrons. The van der Waals surface area contributed by atoms with Crippen LogP contribution >= 0.6 is 0 Å². The summed E-state index contributed by atoms with van der Waals surface area (Å²) in [5, 5.41) is 6.90. The second-order valence-electron chi connectivity index (χ2n) is 6.76. The molecule has 15 heavy (non-hydrogen) atoms. The largest absolute Gasteiger partial charge is 0.315 e. The van der Waals surface area contributed by atoms with Crippen LogP contribution in [0, 0.1) is 16.7 Å². The standard InChI is InChI=1S/C13H28N2/c1-11(2,14-7)9-15-8-10-12(3,4)13(10,5)6/h10,14-15H,8-9H2,1-7H3. The second-order valence-corrected chi connectivity index (χ2v) is 6.76. The molecule has 0 spiro atoms. The maximum absolute atomic E-state index is 3.59. The minimum atomic E-state index is 0.198. The number of rotatable bonds is 5. The average Bonchev–Trinajstić information content (AvgIpc) is 2.47. The van der Waals surface area contributed by atoms with Crippen molar-refractivity contribution in [2.75, 3.05) is 20.1 Å². The Bertz CT molecular complexity index is 215. The topological polar surface area (TPSA) is 24.1 Å². The number of nitrogens with one attached hydrogen (secondary N) is 2. The van der Waals surface area contributed by atoms with E-state index in [1.807, 2.05) is 7.05 Å². The molecule has 1 aliphatic rings. The van der Waals surface area contributed by atoms with E-state index in [2.05, 4.69) is 52.2 Å². The van der Waals surface area contributed by atoms with Gasteiger partial charge in [-0.1, -0.05) is 27.7 Å². The lowest BCUT2D eigenvalue weighted by molar-refractivity contribution is 0.382. The Labute approximate surface area is 95.2 Å². The minimum absolute atomic E-state index is 0.198. The van der Waals surface area contributed by atoms with Crippen LogP contribution < -0.4 is 10.6 Å². The van der Waals surface area contributed by atoms with Crippen molar-refractivity contribution in [3.63, 3.8) is 0 Å². The van der Waals surface area contributed by atoms with Gasteiger partial charge in [-0.15, -0.1) is 0 Å². The zero-order valence-corrected chi connectivity index (χ0v) is 11.5. The van der Waals surface area contributed by atoms with Crippen LogP contribution in [0.4, 0.5) is 0 Å². The summed E-state index contributed by atoms with van der Waals surface area (Å²) in [6, 6.07) is 0. The number of hydrogen-bond acceptors (Lipinski definition) is 2. The normalized spacial score (nSPS) is 24.2. The van der Waals surface area contributed by atoms with Gasteiger partial charge in [0.1, 0.15) is 0 Å². The molecule has 0 amide bonds. The highest BCUT2D eigenvalue weighted by Crippen LogP contribution is 2.67. The van der Waals surface area contributed by atoms with Crippen LogP contribution in [0.15, 0.2) is 0 Å². The highest BCUT2D eigenvalue weighted by Gasteiger charge is 2.63. The fourth-order valence-electron chi connectivity index (χ4n) is 2.46. The second kappa shape index (κ2) is 3.74. The summed E-state index contributed by atoms with van der Waals surface area (Å²) in [7, 11) is 2.02. The zero-order chi connectivity index (χ0) is 11.9. The van der Waals surface area contributed by atoms with Gasteiger partial charge in [0.05, 0.1) is 0 Å². The molecule has 0 aromatic carbocycles. The van der Waals surface area contributed by atoms with Crippen molar-refractivity contribution in [1.82, 2.24) is 10.6 Å². The molecule has 90 valence electrons. The van der Waals surface area contributed by atoms with Crippen molar-refractivity contribution in [2.45, 2.75) is 47.1 Å². The van der Waals surface area contributed by atoms with Crippen molar-refractivity contribution in [3.05, 3.63) is 0 Å². The molecule has 0 bridgehead atoms. The lowest BCUT2D eigenvalue weighted by atomic mass is 10.0. The molecule has 2 nitrogen and oxygen atoms in total. The summed E-state index contributed by atoms with van der Waals surface area (Å²) in [6.45, 7) is 16.1. The van der Waals surface area contributed by atoms with Crippen LogP contribution in [0.3, 0.4) is 0 Å². The third kappa shape index (κ3) is 2.36. The Balaban J connectivity index is 2.30. The van der Waals surface area contributed by atoms with E-state index in [1.54, 1.807) is 0 Å². The summed E-state index contributed by atoms with van der Waals surface area (Å²) >= 11 is 0. The van der Waals surface area contributed by atoms with E-state index < -0.39 is 0 Å². The van der Waals surface area contributed by atoms with E-state index in [0.29, 0.717) is 10.8 Å². The monoisotopic (exact) mass is 212 g/mol. The molecule has 0 aromatic heterocycles. The Hall–Kier alpha value is -0.0800. The van der Waals surface area contributed by atoms with E-state index in [9.17, 15) is 0 Å². The highest BCUT2D eigenvalue weighted by atomic mass is 15.0. The van der Waals surface area contributed by atoms with Gasteiger partial charge in [-0.05, 0) is 44.2 Å². The van der Waals surface area contributed by atoms with E-state index >= 15 is 0 Å². The molecular formula is C13H28N2.